The molecule has 2 rings (SSSR count). The van der Waals surface area contributed by atoms with Gasteiger partial charge in [0.15, 0.2) is 0 Å². The number of anilines is 2. The van der Waals surface area contributed by atoms with Crippen LogP contribution in [0.1, 0.15) is 48.9 Å². The molecule has 0 radical (unpaired) electrons. The van der Waals surface area contributed by atoms with E-state index in [1.165, 1.54) is 25.7 Å². The minimum atomic E-state index is -0.411. The maximum Gasteiger partial charge on any atom is 0.250 e. The Hall–Kier alpha value is -1.71. The van der Waals surface area contributed by atoms with Gasteiger partial charge in [-0.15, -0.1) is 0 Å². The molecule has 1 saturated carbocycles. The number of hydrogen-bond donors (Lipinski definition) is 3. The van der Waals surface area contributed by atoms with Gasteiger partial charge in [0, 0.05) is 17.4 Å². The lowest BCUT2D eigenvalue weighted by Crippen LogP contribution is -2.22. The van der Waals surface area contributed by atoms with Gasteiger partial charge in [-0.3, -0.25) is 4.79 Å². The van der Waals surface area contributed by atoms with Crippen LogP contribution in [0.5, 0.6) is 0 Å². The van der Waals surface area contributed by atoms with Crippen molar-refractivity contribution in [3.8, 4) is 0 Å². The molecule has 0 aliphatic heterocycles. The summed E-state index contributed by atoms with van der Waals surface area (Å²) in [6.45, 7) is 0. The molecule has 1 amide bonds. The SMILES string of the molecule is NC(=O)c1ccc(N)cc1NC1CCCCCC1. The van der Waals surface area contributed by atoms with Crippen LogP contribution in [0, 0.1) is 0 Å². The Balaban J connectivity index is 2.15. The van der Waals surface area contributed by atoms with Crippen LogP contribution in [-0.2, 0) is 0 Å². The number of carbonyl (C=O) groups excluding carboxylic acids is 1. The summed E-state index contributed by atoms with van der Waals surface area (Å²) in [6.07, 6.45) is 7.38. The highest BCUT2D eigenvalue weighted by atomic mass is 16.1. The van der Waals surface area contributed by atoms with E-state index >= 15 is 0 Å². The average Bonchev–Trinajstić information content (AvgIpc) is 2.57. The minimum Gasteiger partial charge on any atom is -0.399 e. The monoisotopic (exact) mass is 247 g/mol. The fourth-order valence-corrected chi connectivity index (χ4v) is 2.54. The van der Waals surface area contributed by atoms with Crippen molar-refractivity contribution >= 4 is 17.3 Å². The van der Waals surface area contributed by atoms with Crippen molar-refractivity contribution in [2.75, 3.05) is 11.1 Å². The van der Waals surface area contributed by atoms with Crippen LogP contribution < -0.4 is 16.8 Å². The molecule has 1 aromatic carbocycles. The molecule has 1 aliphatic rings. The first kappa shape index (κ1) is 12.7. The molecule has 0 atom stereocenters. The molecule has 1 fully saturated rings. The van der Waals surface area contributed by atoms with Crippen LogP contribution in [0.4, 0.5) is 11.4 Å². The van der Waals surface area contributed by atoms with Crippen LogP contribution >= 0.6 is 0 Å². The molecular weight excluding hydrogens is 226 g/mol. The normalized spacial score (nSPS) is 17.1. The smallest absolute Gasteiger partial charge is 0.250 e. The lowest BCUT2D eigenvalue weighted by Gasteiger charge is -2.19. The van der Waals surface area contributed by atoms with Gasteiger partial charge in [0.1, 0.15) is 0 Å². The topological polar surface area (TPSA) is 81.1 Å². The molecule has 98 valence electrons. The second-order valence-electron chi connectivity index (χ2n) is 5.00. The van der Waals surface area contributed by atoms with E-state index in [9.17, 15) is 4.79 Å². The zero-order chi connectivity index (χ0) is 13.0. The van der Waals surface area contributed by atoms with Gasteiger partial charge in [0.25, 0.3) is 5.91 Å². The number of benzene rings is 1. The third kappa shape index (κ3) is 3.15. The summed E-state index contributed by atoms with van der Waals surface area (Å²) < 4.78 is 0. The summed E-state index contributed by atoms with van der Waals surface area (Å²) in [5.74, 6) is -0.411. The second kappa shape index (κ2) is 5.76. The van der Waals surface area contributed by atoms with E-state index in [4.69, 9.17) is 11.5 Å². The Kier molecular flexibility index (Phi) is 4.07. The van der Waals surface area contributed by atoms with Crippen LogP contribution in [-0.4, -0.2) is 11.9 Å². The quantitative estimate of drug-likeness (QED) is 0.567. The van der Waals surface area contributed by atoms with Gasteiger partial charge < -0.3 is 16.8 Å². The molecule has 0 unspecified atom stereocenters. The molecule has 5 N–H and O–H groups in total. The molecule has 0 saturated heterocycles. The third-order valence-electron chi connectivity index (χ3n) is 3.52. The molecule has 0 bridgehead atoms. The van der Waals surface area contributed by atoms with E-state index in [1.807, 2.05) is 0 Å². The molecule has 18 heavy (non-hydrogen) atoms. The first-order valence-electron chi connectivity index (χ1n) is 6.62. The van der Waals surface area contributed by atoms with Gasteiger partial charge in [-0.25, -0.2) is 0 Å². The Morgan fingerprint density at radius 1 is 1.17 bits per heavy atom. The lowest BCUT2D eigenvalue weighted by atomic mass is 10.1. The van der Waals surface area contributed by atoms with E-state index in [-0.39, 0.29) is 0 Å². The fraction of sp³-hybridized carbons (Fsp3) is 0.500. The molecule has 4 nitrogen and oxygen atoms in total. The van der Waals surface area contributed by atoms with E-state index in [1.54, 1.807) is 18.2 Å². The van der Waals surface area contributed by atoms with Crippen LogP contribution in [0.3, 0.4) is 0 Å². The third-order valence-corrected chi connectivity index (χ3v) is 3.52. The molecule has 0 heterocycles. The van der Waals surface area contributed by atoms with Crippen molar-refractivity contribution < 1.29 is 4.79 Å². The van der Waals surface area contributed by atoms with E-state index in [2.05, 4.69) is 5.32 Å². The molecule has 1 aromatic rings. The first-order chi connectivity index (χ1) is 8.66. The minimum absolute atomic E-state index is 0.411. The highest BCUT2D eigenvalue weighted by Gasteiger charge is 2.15. The lowest BCUT2D eigenvalue weighted by molar-refractivity contribution is 0.100. The molecule has 0 aromatic heterocycles. The van der Waals surface area contributed by atoms with Crippen LogP contribution in [0.25, 0.3) is 0 Å². The van der Waals surface area contributed by atoms with Crippen molar-refractivity contribution in [1.29, 1.82) is 0 Å². The number of amides is 1. The predicted octanol–water partition coefficient (Wildman–Crippen LogP) is 2.50. The zero-order valence-electron chi connectivity index (χ0n) is 10.6. The number of rotatable bonds is 3. The highest BCUT2D eigenvalue weighted by molar-refractivity contribution is 5.99. The van der Waals surface area contributed by atoms with Gasteiger partial charge in [-0.2, -0.15) is 0 Å². The van der Waals surface area contributed by atoms with Gasteiger partial charge in [0.05, 0.1) is 5.56 Å². The number of nitrogens with one attached hydrogen (secondary N) is 1. The summed E-state index contributed by atoms with van der Waals surface area (Å²) in [6, 6.07) is 5.62. The van der Waals surface area contributed by atoms with Crippen LogP contribution in [0.15, 0.2) is 18.2 Å². The number of nitrogen functional groups attached to an aromatic ring is 1. The number of carbonyl (C=O) groups is 1. The molecule has 1 aliphatic carbocycles. The maximum atomic E-state index is 11.4. The number of primary amides is 1. The Labute approximate surface area is 108 Å². The van der Waals surface area contributed by atoms with E-state index < -0.39 is 5.91 Å². The fourth-order valence-electron chi connectivity index (χ4n) is 2.54. The maximum absolute atomic E-state index is 11.4. The second-order valence-corrected chi connectivity index (χ2v) is 5.00. The van der Waals surface area contributed by atoms with Gasteiger partial charge >= 0.3 is 0 Å². The highest BCUT2D eigenvalue weighted by Crippen LogP contribution is 2.24. The van der Waals surface area contributed by atoms with Crippen molar-refractivity contribution in [2.24, 2.45) is 5.73 Å². The summed E-state index contributed by atoms with van der Waals surface area (Å²) in [5.41, 5.74) is 13.1. The van der Waals surface area contributed by atoms with Gasteiger partial charge in [-0.1, -0.05) is 25.7 Å². The summed E-state index contributed by atoms with van der Waals surface area (Å²) in [5, 5.41) is 3.43. The first-order valence-corrected chi connectivity index (χ1v) is 6.62. The van der Waals surface area contributed by atoms with E-state index in [0.29, 0.717) is 17.3 Å². The Bertz CT molecular complexity index is 423. The number of hydrogen-bond acceptors (Lipinski definition) is 3. The molecule has 4 heteroatoms. The van der Waals surface area contributed by atoms with Crippen molar-refractivity contribution in [3.63, 3.8) is 0 Å². The van der Waals surface area contributed by atoms with Crippen molar-refractivity contribution in [3.05, 3.63) is 23.8 Å². The standard InChI is InChI=1S/C14H21N3O/c15-10-7-8-12(14(16)18)13(9-10)17-11-5-3-1-2-4-6-11/h7-9,11,17H,1-6,15H2,(H2,16,18). The molecule has 0 spiro atoms. The Morgan fingerprint density at radius 3 is 2.44 bits per heavy atom. The van der Waals surface area contributed by atoms with Crippen molar-refractivity contribution in [1.82, 2.24) is 0 Å². The van der Waals surface area contributed by atoms with Gasteiger partial charge in [-0.05, 0) is 31.0 Å². The summed E-state index contributed by atoms with van der Waals surface area (Å²) >= 11 is 0. The Morgan fingerprint density at radius 2 is 1.83 bits per heavy atom. The predicted molar refractivity (Wildman–Crippen MR) is 74.5 cm³/mol. The van der Waals surface area contributed by atoms with Crippen LogP contribution in [0.2, 0.25) is 0 Å². The molecular formula is C14H21N3O. The zero-order valence-corrected chi connectivity index (χ0v) is 10.6. The summed E-state index contributed by atoms with van der Waals surface area (Å²) in [4.78, 5) is 11.4. The largest absolute Gasteiger partial charge is 0.399 e. The average molecular weight is 247 g/mol. The van der Waals surface area contributed by atoms with Gasteiger partial charge in [0.2, 0.25) is 0 Å². The number of nitrogens with two attached hydrogens (primary N) is 2. The van der Waals surface area contributed by atoms with E-state index in [0.717, 1.165) is 18.5 Å². The summed E-state index contributed by atoms with van der Waals surface area (Å²) in [7, 11) is 0. The van der Waals surface area contributed by atoms with Crippen molar-refractivity contribution in [2.45, 2.75) is 44.6 Å².